The summed E-state index contributed by atoms with van der Waals surface area (Å²) in [5.41, 5.74) is 2.91. The van der Waals surface area contributed by atoms with Crippen molar-refractivity contribution in [2.45, 2.75) is 45.2 Å². The number of amides is 4. The van der Waals surface area contributed by atoms with Gasteiger partial charge >= 0.3 is 6.03 Å². The molecule has 0 spiro atoms. The van der Waals surface area contributed by atoms with Crippen LogP contribution in [-0.4, -0.2) is 44.9 Å². The molecule has 1 saturated carbocycles. The van der Waals surface area contributed by atoms with E-state index < -0.39 is 6.03 Å². The molecule has 0 bridgehead atoms. The fraction of sp³-hybridized carbons (Fsp3) is 0.241. The standard InChI is InChI=1S/C29H27N7O4S/c1-4-22(37)33-17-7-5-8-18(17)34-27(38)26-25-24-20(12-14-31-28(24)41-26)36(29(39)35-25)19-10-11-23(32-15(19)2)40-21-9-6-13-30-16(21)3/h4,6,9-14,17-18H,1,5,7-8H2,2-3H3,(H,33,37)(H,34,38)(H,35,39)/t17-,18+/m0/s1. The number of aromatic nitrogens is 3. The molecule has 1 fully saturated rings. The van der Waals surface area contributed by atoms with Gasteiger partial charge in [-0.3, -0.25) is 19.5 Å². The van der Waals surface area contributed by atoms with Crippen LogP contribution in [0.4, 0.5) is 21.9 Å². The predicted molar refractivity (Wildman–Crippen MR) is 156 cm³/mol. The maximum Gasteiger partial charge on any atom is 0.331 e. The maximum atomic E-state index is 13.5. The van der Waals surface area contributed by atoms with Crippen LogP contribution in [0.25, 0.3) is 10.2 Å². The van der Waals surface area contributed by atoms with Crippen LogP contribution < -0.4 is 25.6 Å². The molecule has 11 nitrogen and oxygen atoms in total. The van der Waals surface area contributed by atoms with Crippen molar-refractivity contribution in [3.63, 3.8) is 0 Å². The molecule has 2 aliphatic rings. The molecule has 2 atom stereocenters. The molecule has 4 aromatic rings. The van der Waals surface area contributed by atoms with Gasteiger partial charge in [-0.1, -0.05) is 6.58 Å². The summed E-state index contributed by atoms with van der Waals surface area (Å²) >= 11 is 1.21. The van der Waals surface area contributed by atoms with Gasteiger partial charge in [0.2, 0.25) is 11.8 Å². The van der Waals surface area contributed by atoms with E-state index in [1.165, 1.54) is 22.3 Å². The van der Waals surface area contributed by atoms with Crippen molar-refractivity contribution in [2.75, 3.05) is 10.2 Å². The van der Waals surface area contributed by atoms with Crippen molar-refractivity contribution in [3.8, 4) is 11.6 Å². The second-order valence-corrected chi connectivity index (χ2v) is 10.9. The first-order chi connectivity index (χ1) is 19.8. The van der Waals surface area contributed by atoms with Crippen molar-refractivity contribution in [3.05, 3.63) is 71.6 Å². The Kier molecular flexibility index (Phi) is 6.83. The Morgan fingerprint density at radius 3 is 2.63 bits per heavy atom. The molecule has 4 aromatic heterocycles. The highest BCUT2D eigenvalue weighted by molar-refractivity contribution is 7.21. The molecule has 208 valence electrons. The maximum absolute atomic E-state index is 13.5. The van der Waals surface area contributed by atoms with Gasteiger partial charge < -0.3 is 20.7 Å². The van der Waals surface area contributed by atoms with Crippen LogP contribution in [0.1, 0.15) is 40.3 Å². The van der Waals surface area contributed by atoms with E-state index in [4.69, 9.17) is 4.74 Å². The zero-order valence-electron chi connectivity index (χ0n) is 22.4. The number of carbonyl (C=O) groups is 3. The van der Waals surface area contributed by atoms with Gasteiger partial charge in [0.1, 0.15) is 9.71 Å². The molecular formula is C29H27N7O4S. The molecular weight excluding hydrogens is 542 g/mol. The first-order valence-corrected chi connectivity index (χ1v) is 14.0. The van der Waals surface area contributed by atoms with E-state index in [1.54, 1.807) is 43.6 Å². The number of nitrogens with zero attached hydrogens (tertiary/aromatic N) is 4. The van der Waals surface area contributed by atoms with Crippen molar-refractivity contribution in [2.24, 2.45) is 0 Å². The van der Waals surface area contributed by atoms with Crippen LogP contribution in [0.2, 0.25) is 0 Å². The van der Waals surface area contributed by atoms with Crippen molar-refractivity contribution in [1.82, 2.24) is 25.6 Å². The van der Waals surface area contributed by atoms with E-state index >= 15 is 0 Å². The topological polar surface area (TPSA) is 138 Å². The number of hydrogen-bond acceptors (Lipinski definition) is 8. The number of hydrogen-bond donors (Lipinski definition) is 3. The fourth-order valence-electron chi connectivity index (χ4n) is 5.28. The molecule has 3 N–H and O–H groups in total. The minimum absolute atomic E-state index is 0.182. The molecule has 6 rings (SSSR count). The summed E-state index contributed by atoms with van der Waals surface area (Å²) in [5.74, 6) is 0.382. The Bertz CT molecular complexity index is 1720. The number of pyridine rings is 3. The molecule has 0 unspecified atom stereocenters. The van der Waals surface area contributed by atoms with Crippen LogP contribution in [0, 0.1) is 13.8 Å². The summed E-state index contributed by atoms with van der Waals surface area (Å²) in [6, 6.07) is 8.00. The molecule has 12 heteroatoms. The van der Waals surface area contributed by atoms with Gasteiger partial charge in [-0.25, -0.2) is 14.8 Å². The lowest BCUT2D eigenvalue weighted by molar-refractivity contribution is -0.117. The van der Waals surface area contributed by atoms with Crippen LogP contribution in [-0.2, 0) is 4.79 Å². The average molecular weight is 570 g/mol. The fourth-order valence-corrected chi connectivity index (χ4v) is 6.30. The number of rotatable bonds is 7. The van der Waals surface area contributed by atoms with Crippen molar-refractivity contribution >= 4 is 56.5 Å². The highest BCUT2D eigenvalue weighted by Crippen LogP contribution is 2.46. The Morgan fingerprint density at radius 2 is 1.88 bits per heavy atom. The molecule has 1 aliphatic heterocycles. The summed E-state index contributed by atoms with van der Waals surface area (Å²) in [6.45, 7) is 7.15. The summed E-state index contributed by atoms with van der Waals surface area (Å²) in [4.78, 5) is 54.6. The van der Waals surface area contributed by atoms with E-state index in [0.717, 1.165) is 25.0 Å². The SMILES string of the molecule is C=CC(=O)N[C@H]1CCC[C@H]1NC(=O)c1sc2nccc3c2c1NC(=O)N3c1ccc(Oc2cccnc2C)nc1C. The second kappa shape index (κ2) is 10.6. The van der Waals surface area contributed by atoms with E-state index in [0.29, 0.717) is 49.5 Å². The van der Waals surface area contributed by atoms with E-state index in [1.807, 2.05) is 13.0 Å². The Hall–Kier alpha value is -4.84. The normalized spacial score (nSPS) is 17.7. The molecule has 1 aliphatic carbocycles. The minimum atomic E-state index is -0.420. The molecule has 5 heterocycles. The van der Waals surface area contributed by atoms with Crippen molar-refractivity contribution in [1.29, 1.82) is 0 Å². The number of carbonyl (C=O) groups excluding carboxylic acids is 3. The van der Waals surface area contributed by atoms with Crippen LogP contribution in [0.3, 0.4) is 0 Å². The van der Waals surface area contributed by atoms with E-state index in [-0.39, 0.29) is 23.9 Å². The summed E-state index contributed by atoms with van der Waals surface area (Å²) in [5, 5.41) is 9.54. The largest absolute Gasteiger partial charge is 0.437 e. The van der Waals surface area contributed by atoms with Gasteiger partial charge in [0.05, 0.1) is 33.8 Å². The first kappa shape index (κ1) is 26.4. The van der Waals surface area contributed by atoms with E-state index in [9.17, 15) is 14.4 Å². The third-order valence-electron chi connectivity index (χ3n) is 7.24. The highest BCUT2D eigenvalue weighted by Gasteiger charge is 2.35. The van der Waals surface area contributed by atoms with E-state index in [2.05, 4.69) is 37.5 Å². The number of urea groups is 1. The van der Waals surface area contributed by atoms with Gasteiger partial charge in [0.15, 0.2) is 5.75 Å². The second-order valence-electron chi connectivity index (χ2n) is 9.86. The summed E-state index contributed by atoms with van der Waals surface area (Å²) in [6.07, 6.45) is 6.92. The van der Waals surface area contributed by atoms with Gasteiger partial charge in [0, 0.05) is 30.5 Å². The third-order valence-corrected chi connectivity index (χ3v) is 8.34. The smallest absolute Gasteiger partial charge is 0.331 e. The summed E-state index contributed by atoms with van der Waals surface area (Å²) in [7, 11) is 0. The average Bonchev–Trinajstić information content (AvgIpc) is 3.55. The third kappa shape index (κ3) is 4.86. The Labute approximate surface area is 239 Å². The van der Waals surface area contributed by atoms with Gasteiger partial charge in [-0.2, -0.15) is 0 Å². The zero-order chi connectivity index (χ0) is 28.7. The quantitative estimate of drug-likeness (QED) is 0.262. The van der Waals surface area contributed by atoms with Gasteiger partial charge in [-0.15, -0.1) is 11.3 Å². The number of aryl methyl sites for hydroxylation is 2. The Balaban J connectivity index is 1.30. The predicted octanol–water partition coefficient (Wildman–Crippen LogP) is 5.13. The molecule has 0 aromatic carbocycles. The summed E-state index contributed by atoms with van der Waals surface area (Å²) < 4.78 is 5.92. The first-order valence-electron chi connectivity index (χ1n) is 13.2. The number of ether oxygens (including phenoxy) is 1. The number of anilines is 3. The zero-order valence-corrected chi connectivity index (χ0v) is 23.2. The minimum Gasteiger partial charge on any atom is -0.437 e. The van der Waals surface area contributed by atoms with Crippen LogP contribution in [0.5, 0.6) is 11.6 Å². The van der Waals surface area contributed by atoms with Crippen LogP contribution in [0.15, 0.2) is 55.4 Å². The highest BCUT2D eigenvalue weighted by atomic mass is 32.1. The molecule has 0 saturated heterocycles. The monoisotopic (exact) mass is 569 g/mol. The lowest BCUT2D eigenvalue weighted by Gasteiger charge is -2.29. The lowest BCUT2D eigenvalue weighted by Crippen LogP contribution is -2.48. The van der Waals surface area contributed by atoms with Gasteiger partial charge in [0.25, 0.3) is 5.91 Å². The molecule has 4 amide bonds. The number of nitrogens with one attached hydrogen (secondary N) is 3. The molecule has 41 heavy (non-hydrogen) atoms. The molecule has 0 radical (unpaired) electrons. The lowest BCUT2D eigenvalue weighted by atomic mass is 10.1. The van der Waals surface area contributed by atoms with Gasteiger partial charge in [-0.05, 0) is 63.5 Å². The number of thiophene rings is 1. The Morgan fingerprint density at radius 1 is 1.07 bits per heavy atom. The van der Waals surface area contributed by atoms with Crippen LogP contribution >= 0.6 is 11.3 Å². The van der Waals surface area contributed by atoms with Crippen molar-refractivity contribution < 1.29 is 19.1 Å².